The second-order valence-corrected chi connectivity index (χ2v) is 5.38. The number of hydrogen-bond acceptors (Lipinski definition) is 3. The topological polar surface area (TPSA) is 83.7 Å². The van der Waals surface area contributed by atoms with E-state index in [-0.39, 0.29) is 18.7 Å². The molecule has 2 aromatic rings. The minimum absolute atomic E-state index is 0.121. The number of fused-ring (bicyclic) bond motifs is 1. The molecule has 0 atom stereocenters. The SMILES string of the molecule is CC(C)(CC(=O)O)NC(=O)Cc1cn2ccccc2n1. The number of aromatic nitrogens is 2. The summed E-state index contributed by atoms with van der Waals surface area (Å²) in [5, 5.41) is 11.5. The first kappa shape index (κ1) is 14.0. The third kappa shape index (κ3) is 3.57. The van der Waals surface area contributed by atoms with E-state index in [0.717, 1.165) is 5.65 Å². The van der Waals surface area contributed by atoms with Crippen LogP contribution in [0.25, 0.3) is 5.65 Å². The highest BCUT2D eigenvalue weighted by Gasteiger charge is 2.24. The number of amides is 1. The summed E-state index contributed by atoms with van der Waals surface area (Å²) >= 11 is 0. The molecule has 2 heterocycles. The van der Waals surface area contributed by atoms with E-state index in [4.69, 9.17) is 5.11 Å². The van der Waals surface area contributed by atoms with E-state index < -0.39 is 11.5 Å². The fourth-order valence-corrected chi connectivity index (χ4v) is 2.08. The lowest BCUT2D eigenvalue weighted by Gasteiger charge is -2.23. The summed E-state index contributed by atoms with van der Waals surface area (Å²) < 4.78 is 1.84. The molecule has 0 bridgehead atoms. The van der Waals surface area contributed by atoms with E-state index in [1.54, 1.807) is 20.0 Å². The molecular weight excluding hydrogens is 258 g/mol. The molecule has 0 aliphatic carbocycles. The highest BCUT2D eigenvalue weighted by atomic mass is 16.4. The van der Waals surface area contributed by atoms with Crippen molar-refractivity contribution in [2.75, 3.05) is 0 Å². The van der Waals surface area contributed by atoms with E-state index in [9.17, 15) is 9.59 Å². The normalized spacial score (nSPS) is 11.5. The zero-order valence-corrected chi connectivity index (χ0v) is 11.5. The maximum absolute atomic E-state index is 11.9. The van der Waals surface area contributed by atoms with Crippen LogP contribution in [0.2, 0.25) is 0 Å². The highest BCUT2D eigenvalue weighted by Crippen LogP contribution is 2.10. The lowest BCUT2D eigenvalue weighted by molar-refractivity contribution is -0.138. The molecule has 6 nitrogen and oxygen atoms in total. The molecule has 0 spiro atoms. The number of nitrogens with one attached hydrogen (secondary N) is 1. The van der Waals surface area contributed by atoms with Gasteiger partial charge in [0.2, 0.25) is 5.91 Å². The van der Waals surface area contributed by atoms with Crippen LogP contribution in [0.15, 0.2) is 30.6 Å². The molecule has 20 heavy (non-hydrogen) atoms. The number of carbonyl (C=O) groups is 2. The molecule has 1 amide bonds. The Morgan fingerprint density at radius 2 is 2.15 bits per heavy atom. The van der Waals surface area contributed by atoms with Gasteiger partial charge in [0.15, 0.2) is 0 Å². The second-order valence-electron chi connectivity index (χ2n) is 5.38. The van der Waals surface area contributed by atoms with Gasteiger partial charge < -0.3 is 14.8 Å². The number of carbonyl (C=O) groups excluding carboxylic acids is 1. The van der Waals surface area contributed by atoms with Gasteiger partial charge in [-0.25, -0.2) is 4.98 Å². The smallest absolute Gasteiger partial charge is 0.305 e. The standard InChI is InChI=1S/C14H17N3O3/c1-14(2,8-13(19)20)16-12(18)7-10-9-17-6-4-3-5-11(17)15-10/h3-6,9H,7-8H2,1-2H3,(H,16,18)(H,19,20). The summed E-state index contributed by atoms with van der Waals surface area (Å²) in [4.78, 5) is 27.0. The van der Waals surface area contributed by atoms with Crippen LogP contribution in [0, 0.1) is 0 Å². The Morgan fingerprint density at radius 1 is 1.40 bits per heavy atom. The molecule has 6 heteroatoms. The van der Waals surface area contributed by atoms with Gasteiger partial charge in [0.25, 0.3) is 0 Å². The maximum Gasteiger partial charge on any atom is 0.305 e. The van der Waals surface area contributed by atoms with Crippen LogP contribution in [-0.2, 0) is 16.0 Å². The molecule has 2 N–H and O–H groups in total. The van der Waals surface area contributed by atoms with Crippen LogP contribution < -0.4 is 5.32 Å². The summed E-state index contributed by atoms with van der Waals surface area (Å²) in [7, 11) is 0. The zero-order valence-electron chi connectivity index (χ0n) is 11.5. The number of carboxylic acids is 1. The minimum Gasteiger partial charge on any atom is -0.481 e. The predicted molar refractivity (Wildman–Crippen MR) is 73.4 cm³/mol. The summed E-state index contributed by atoms with van der Waals surface area (Å²) in [6, 6.07) is 5.62. The van der Waals surface area contributed by atoms with Crippen LogP contribution in [0.5, 0.6) is 0 Å². The number of aliphatic carboxylic acids is 1. The van der Waals surface area contributed by atoms with Crippen LogP contribution in [0.4, 0.5) is 0 Å². The van der Waals surface area contributed by atoms with E-state index in [2.05, 4.69) is 10.3 Å². The first-order chi connectivity index (χ1) is 9.35. The fraction of sp³-hybridized carbons (Fsp3) is 0.357. The van der Waals surface area contributed by atoms with Crippen LogP contribution in [0.3, 0.4) is 0 Å². The Balaban J connectivity index is 2.02. The Bertz CT molecular complexity index is 613. The van der Waals surface area contributed by atoms with Gasteiger partial charge in [0.05, 0.1) is 18.5 Å². The molecule has 0 radical (unpaired) electrons. The monoisotopic (exact) mass is 275 g/mol. The van der Waals surface area contributed by atoms with E-state index >= 15 is 0 Å². The highest BCUT2D eigenvalue weighted by molar-refractivity contribution is 5.80. The van der Waals surface area contributed by atoms with Crippen LogP contribution in [-0.4, -0.2) is 31.9 Å². The molecule has 2 rings (SSSR count). The molecule has 0 saturated heterocycles. The van der Waals surface area contributed by atoms with Gasteiger partial charge in [0.1, 0.15) is 5.65 Å². The fourth-order valence-electron chi connectivity index (χ4n) is 2.08. The molecule has 2 aromatic heterocycles. The van der Waals surface area contributed by atoms with Gasteiger partial charge in [-0.1, -0.05) is 6.07 Å². The number of carboxylic acid groups (broad SMARTS) is 1. The third-order valence-electron chi connectivity index (χ3n) is 2.83. The predicted octanol–water partition coefficient (Wildman–Crippen LogP) is 1.25. The van der Waals surface area contributed by atoms with E-state index in [0.29, 0.717) is 5.69 Å². The Labute approximate surface area is 116 Å². The molecule has 0 fully saturated rings. The van der Waals surface area contributed by atoms with Crippen molar-refractivity contribution in [2.45, 2.75) is 32.2 Å². The molecule has 0 aliphatic rings. The minimum atomic E-state index is -0.942. The van der Waals surface area contributed by atoms with E-state index in [1.807, 2.05) is 28.8 Å². The van der Waals surface area contributed by atoms with E-state index in [1.165, 1.54) is 0 Å². The lowest BCUT2D eigenvalue weighted by atomic mass is 10.0. The number of pyridine rings is 1. The Morgan fingerprint density at radius 3 is 2.80 bits per heavy atom. The van der Waals surface area contributed by atoms with Crippen LogP contribution in [0.1, 0.15) is 26.0 Å². The first-order valence-electron chi connectivity index (χ1n) is 6.31. The number of hydrogen-bond donors (Lipinski definition) is 2. The molecule has 0 aromatic carbocycles. The molecule has 0 unspecified atom stereocenters. The molecular formula is C14H17N3O3. The van der Waals surface area contributed by atoms with Crippen molar-refractivity contribution in [3.63, 3.8) is 0 Å². The summed E-state index contributed by atoms with van der Waals surface area (Å²) in [6.45, 7) is 3.37. The van der Waals surface area contributed by atoms with Crippen LogP contribution >= 0.6 is 0 Å². The third-order valence-corrected chi connectivity index (χ3v) is 2.83. The van der Waals surface area contributed by atoms with Gasteiger partial charge in [-0.15, -0.1) is 0 Å². The molecule has 0 aliphatic heterocycles. The summed E-state index contributed by atoms with van der Waals surface area (Å²) in [5.74, 6) is -1.18. The maximum atomic E-state index is 11.9. The second kappa shape index (κ2) is 5.32. The average molecular weight is 275 g/mol. The molecule has 106 valence electrons. The summed E-state index contributed by atoms with van der Waals surface area (Å²) in [5.41, 5.74) is 0.655. The average Bonchev–Trinajstić information content (AvgIpc) is 2.67. The van der Waals surface area contributed by atoms with Gasteiger partial charge in [-0.2, -0.15) is 0 Å². The van der Waals surface area contributed by atoms with Gasteiger partial charge >= 0.3 is 5.97 Å². The van der Waals surface area contributed by atoms with Gasteiger partial charge in [-0.05, 0) is 26.0 Å². The van der Waals surface area contributed by atoms with Crippen molar-refractivity contribution in [1.82, 2.24) is 14.7 Å². The van der Waals surface area contributed by atoms with Crippen molar-refractivity contribution in [3.05, 3.63) is 36.3 Å². The largest absolute Gasteiger partial charge is 0.481 e. The van der Waals surface area contributed by atoms with Crippen molar-refractivity contribution >= 4 is 17.5 Å². The number of rotatable bonds is 5. The van der Waals surface area contributed by atoms with Crippen molar-refractivity contribution in [2.24, 2.45) is 0 Å². The lowest BCUT2D eigenvalue weighted by Crippen LogP contribution is -2.45. The van der Waals surface area contributed by atoms with Gasteiger partial charge in [0, 0.05) is 17.9 Å². The number of imidazole rings is 1. The first-order valence-corrected chi connectivity index (χ1v) is 6.31. The Hall–Kier alpha value is -2.37. The van der Waals surface area contributed by atoms with Gasteiger partial charge in [-0.3, -0.25) is 9.59 Å². The number of nitrogens with zero attached hydrogens (tertiary/aromatic N) is 2. The Kier molecular flexibility index (Phi) is 3.74. The quantitative estimate of drug-likeness (QED) is 0.860. The van der Waals surface area contributed by atoms with Crippen molar-refractivity contribution in [1.29, 1.82) is 0 Å². The van der Waals surface area contributed by atoms with Crippen molar-refractivity contribution in [3.8, 4) is 0 Å². The summed E-state index contributed by atoms with van der Waals surface area (Å²) in [6.07, 6.45) is 3.66. The zero-order chi connectivity index (χ0) is 14.8. The van der Waals surface area contributed by atoms with Crippen molar-refractivity contribution < 1.29 is 14.7 Å². The molecule has 0 saturated carbocycles.